The summed E-state index contributed by atoms with van der Waals surface area (Å²) in [6.07, 6.45) is 3.43. The molecule has 2 atom stereocenters. The Hall–Kier alpha value is -2.14. The van der Waals surface area contributed by atoms with E-state index in [9.17, 15) is 4.79 Å². The van der Waals surface area contributed by atoms with E-state index in [0.29, 0.717) is 11.5 Å². The first kappa shape index (κ1) is 17.0. The maximum absolute atomic E-state index is 13.3. The van der Waals surface area contributed by atoms with Crippen LogP contribution in [-0.2, 0) is 0 Å². The van der Waals surface area contributed by atoms with Crippen molar-refractivity contribution in [2.75, 3.05) is 6.54 Å². The molecule has 1 N–H and O–H groups in total. The average Bonchev–Trinajstić information content (AvgIpc) is 3.29. The highest BCUT2D eigenvalue weighted by atomic mass is 32.1. The number of rotatable bonds is 2. The van der Waals surface area contributed by atoms with Crippen LogP contribution in [0.1, 0.15) is 50.4 Å². The molecule has 5 rings (SSSR count). The van der Waals surface area contributed by atoms with Crippen LogP contribution < -0.4 is 0 Å². The third kappa shape index (κ3) is 2.89. The molecule has 3 aromatic rings. The predicted molar refractivity (Wildman–Crippen MR) is 110 cm³/mol. The van der Waals surface area contributed by atoms with Gasteiger partial charge in [-0.05, 0) is 59.7 Å². The Morgan fingerprint density at radius 2 is 2.11 bits per heavy atom. The summed E-state index contributed by atoms with van der Waals surface area (Å²) in [6.45, 7) is 7.91. The largest absolute Gasteiger partial charge is 0.337 e. The van der Waals surface area contributed by atoms with E-state index in [1.54, 1.807) is 11.3 Å². The summed E-state index contributed by atoms with van der Waals surface area (Å²) in [6, 6.07) is 10.3. The van der Waals surface area contributed by atoms with Crippen molar-refractivity contribution in [2.45, 2.75) is 46.1 Å². The van der Waals surface area contributed by atoms with Gasteiger partial charge < -0.3 is 9.88 Å². The minimum atomic E-state index is 0.163. The van der Waals surface area contributed by atoms with Crippen LogP contribution >= 0.6 is 11.3 Å². The van der Waals surface area contributed by atoms with Crippen molar-refractivity contribution in [3.8, 4) is 10.7 Å². The number of carbonyl (C=O) groups is 1. The molecular weight excluding hydrogens is 354 g/mol. The quantitative estimate of drug-likeness (QED) is 0.654. The fourth-order valence-electron chi connectivity index (χ4n) is 5.54. The van der Waals surface area contributed by atoms with Gasteiger partial charge in [0.05, 0.1) is 15.9 Å². The van der Waals surface area contributed by atoms with Gasteiger partial charge in [-0.3, -0.25) is 4.79 Å². The summed E-state index contributed by atoms with van der Waals surface area (Å²) in [7, 11) is 0. The third-order valence-corrected chi connectivity index (χ3v) is 7.04. The van der Waals surface area contributed by atoms with E-state index in [-0.39, 0.29) is 11.3 Å². The molecule has 140 valence electrons. The van der Waals surface area contributed by atoms with Crippen molar-refractivity contribution >= 4 is 28.3 Å². The first-order valence-corrected chi connectivity index (χ1v) is 10.5. The van der Waals surface area contributed by atoms with Gasteiger partial charge in [0.1, 0.15) is 5.82 Å². The van der Waals surface area contributed by atoms with Gasteiger partial charge in [-0.1, -0.05) is 26.8 Å². The number of hydrogen-bond acceptors (Lipinski definition) is 3. The number of fused-ring (bicyclic) bond motifs is 3. The van der Waals surface area contributed by atoms with Crippen LogP contribution in [-0.4, -0.2) is 33.4 Å². The molecule has 2 bridgehead atoms. The normalized spacial score (nSPS) is 26.6. The Morgan fingerprint density at radius 3 is 2.89 bits per heavy atom. The lowest BCUT2D eigenvalue weighted by Crippen LogP contribution is -2.37. The number of likely N-dealkylation sites (tertiary alicyclic amines) is 1. The molecule has 2 aromatic heterocycles. The highest BCUT2D eigenvalue weighted by Gasteiger charge is 2.51. The number of nitrogens with zero attached hydrogens (tertiary/aromatic N) is 2. The number of thiophene rings is 1. The van der Waals surface area contributed by atoms with E-state index in [1.807, 2.05) is 29.6 Å². The number of amides is 1. The number of H-pyrrole nitrogens is 1. The second-order valence-corrected chi connectivity index (χ2v) is 10.4. The first-order valence-electron chi connectivity index (χ1n) is 9.67. The zero-order chi connectivity index (χ0) is 18.8. The van der Waals surface area contributed by atoms with Gasteiger partial charge in [0.25, 0.3) is 5.91 Å². The zero-order valence-electron chi connectivity index (χ0n) is 16.1. The molecule has 1 amide bonds. The molecule has 2 unspecified atom stereocenters. The summed E-state index contributed by atoms with van der Waals surface area (Å²) >= 11 is 1.66. The van der Waals surface area contributed by atoms with Gasteiger partial charge in [0.15, 0.2) is 0 Å². The summed E-state index contributed by atoms with van der Waals surface area (Å²) < 4.78 is 0. The van der Waals surface area contributed by atoms with E-state index in [0.717, 1.165) is 46.7 Å². The zero-order valence-corrected chi connectivity index (χ0v) is 16.9. The van der Waals surface area contributed by atoms with Crippen LogP contribution in [0, 0.1) is 10.8 Å². The number of nitrogens with one attached hydrogen (secondary N) is 1. The minimum absolute atomic E-state index is 0.163. The predicted octanol–water partition coefficient (Wildman–Crippen LogP) is 5.33. The molecule has 2 aliphatic rings. The van der Waals surface area contributed by atoms with Crippen LogP contribution in [0.15, 0.2) is 35.7 Å². The van der Waals surface area contributed by atoms with Gasteiger partial charge >= 0.3 is 0 Å². The first-order chi connectivity index (χ1) is 12.8. The SMILES string of the molecule is CC1(C)CC2CC(C)(CN2C(=O)c2ccc3nc(-c4cccs4)[nH]c3c2)C1. The summed E-state index contributed by atoms with van der Waals surface area (Å²) in [5.74, 6) is 1.03. The van der Waals surface area contributed by atoms with E-state index in [1.165, 1.54) is 6.42 Å². The fraction of sp³-hybridized carbons (Fsp3) is 0.455. The van der Waals surface area contributed by atoms with Crippen LogP contribution in [0.3, 0.4) is 0 Å². The standard InChI is InChI=1S/C22H25N3OS/c1-21(2)10-15-11-22(3,12-21)13-25(15)20(26)14-6-7-16-17(9-14)24-19(23-16)18-5-4-8-27-18/h4-9,15H,10-13H2,1-3H3,(H,23,24). The molecule has 1 aliphatic heterocycles. The van der Waals surface area contributed by atoms with E-state index in [4.69, 9.17) is 0 Å². The molecule has 3 heterocycles. The van der Waals surface area contributed by atoms with Gasteiger partial charge in [0, 0.05) is 18.2 Å². The Labute approximate surface area is 163 Å². The maximum atomic E-state index is 13.3. The molecule has 4 nitrogen and oxygen atoms in total. The fourth-order valence-corrected chi connectivity index (χ4v) is 6.21. The summed E-state index contributed by atoms with van der Waals surface area (Å²) in [5.41, 5.74) is 3.17. The van der Waals surface area contributed by atoms with Crippen molar-refractivity contribution in [1.82, 2.24) is 14.9 Å². The van der Waals surface area contributed by atoms with Crippen molar-refractivity contribution in [3.63, 3.8) is 0 Å². The number of aromatic nitrogens is 2. The molecule has 2 fully saturated rings. The average molecular weight is 380 g/mol. The Kier molecular flexibility index (Phi) is 3.57. The molecule has 1 aliphatic carbocycles. The highest BCUT2D eigenvalue weighted by molar-refractivity contribution is 7.13. The Balaban J connectivity index is 1.46. The number of benzene rings is 1. The van der Waals surface area contributed by atoms with E-state index < -0.39 is 0 Å². The van der Waals surface area contributed by atoms with Gasteiger partial charge in [-0.25, -0.2) is 4.98 Å². The molecule has 0 spiro atoms. The smallest absolute Gasteiger partial charge is 0.254 e. The lowest BCUT2D eigenvalue weighted by Gasteiger charge is -2.39. The van der Waals surface area contributed by atoms with Gasteiger partial charge in [0.2, 0.25) is 0 Å². The van der Waals surface area contributed by atoms with Crippen LogP contribution in [0.4, 0.5) is 0 Å². The summed E-state index contributed by atoms with van der Waals surface area (Å²) in [5, 5.41) is 2.05. The third-order valence-electron chi connectivity index (χ3n) is 6.16. The Bertz CT molecular complexity index is 1020. The molecule has 1 saturated heterocycles. The number of hydrogen-bond donors (Lipinski definition) is 1. The number of carbonyl (C=O) groups excluding carboxylic acids is 1. The lowest BCUT2D eigenvalue weighted by molar-refractivity contribution is 0.0708. The monoisotopic (exact) mass is 379 g/mol. The number of aromatic amines is 1. The summed E-state index contributed by atoms with van der Waals surface area (Å²) in [4.78, 5) is 24.6. The second-order valence-electron chi connectivity index (χ2n) is 9.44. The van der Waals surface area contributed by atoms with Crippen LogP contribution in [0.25, 0.3) is 21.7 Å². The maximum Gasteiger partial charge on any atom is 0.254 e. The van der Waals surface area contributed by atoms with E-state index in [2.05, 4.69) is 41.7 Å². The van der Waals surface area contributed by atoms with Crippen molar-refractivity contribution in [3.05, 3.63) is 41.3 Å². The van der Waals surface area contributed by atoms with E-state index >= 15 is 0 Å². The van der Waals surface area contributed by atoms with Crippen LogP contribution in [0.5, 0.6) is 0 Å². The lowest BCUT2D eigenvalue weighted by atomic mass is 9.65. The second kappa shape index (κ2) is 5.68. The Morgan fingerprint density at radius 1 is 1.26 bits per heavy atom. The molecular formula is C22H25N3OS. The highest BCUT2D eigenvalue weighted by Crippen LogP contribution is 2.52. The van der Waals surface area contributed by atoms with Gasteiger partial charge in [-0.15, -0.1) is 11.3 Å². The topological polar surface area (TPSA) is 49.0 Å². The van der Waals surface area contributed by atoms with Crippen molar-refractivity contribution in [2.24, 2.45) is 10.8 Å². The molecule has 1 aromatic carbocycles. The minimum Gasteiger partial charge on any atom is -0.337 e. The van der Waals surface area contributed by atoms with Crippen molar-refractivity contribution < 1.29 is 4.79 Å². The van der Waals surface area contributed by atoms with Crippen LogP contribution in [0.2, 0.25) is 0 Å². The van der Waals surface area contributed by atoms with Crippen molar-refractivity contribution in [1.29, 1.82) is 0 Å². The molecule has 0 radical (unpaired) electrons. The van der Waals surface area contributed by atoms with Gasteiger partial charge in [-0.2, -0.15) is 0 Å². The molecule has 1 saturated carbocycles. The molecule has 5 heteroatoms. The molecule has 27 heavy (non-hydrogen) atoms. The number of imidazole rings is 1.